The van der Waals surface area contributed by atoms with Gasteiger partial charge in [-0.3, -0.25) is 0 Å². The zero-order chi connectivity index (χ0) is 44.9. The maximum atomic E-state index is 6.77. The van der Waals surface area contributed by atoms with Gasteiger partial charge in [-0.05, 0) is 143 Å². The van der Waals surface area contributed by atoms with E-state index in [9.17, 15) is 0 Å². The van der Waals surface area contributed by atoms with Gasteiger partial charge in [0.15, 0.2) is 0 Å². The monoisotopic (exact) mass is 861 g/mol. The normalized spacial score (nSPS) is 12.4. The lowest BCUT2D eigenvalue weighted by molar-refractivity contribution is 0.660. The molecule has 0 amide bonds. The molecule has 0 radical (unpaired) electrons. The Hall–Kier alpha value is -8.60. The first-order valence-electron chi connectivity index (χ1n) is 23.0. The molecule has 11 aromatic rings. The summed E-state index contributed by atoms with van der Waals surface area (Å²) < 4.78 is 6.77. The van der Waals surface area contributed by atoms with Crippen molar-refractivity contribution in [2.75, 3.05) is 14.7 Å². The molecule has 0 unspecified atom stereocenters. The first-order chi connectivity index (χ1) is 33.0. The predicted molar refractivity (Wildman–Crippen MR) is 281 cm³/mol. The smallest absolute Gasteiger partial charge is 0.137 e. The molecule has 1 aromatic heterocycles. The minimum atomic E-state index is -0.151. The van der Waals surface area contributed by atoms with Gasteiger partial charge in [0.2, 0.25) is 0 Å². The number of hydrogen-bond acceptors (Lipinski definition) is 4. The van der Waals surface area contributed by atoms with Crippen LogP contribution in [0.15, 0.2) is 253 Å². The molecule has 0 saturated heterocycles. The minimum Gasteiger partial charge on any atom is -0.456 e. The summed E-state index contributed by atoms with van der Waals surface area (Å²) in [4.78, 5) is 7.07. The van der Waals surface area contributed by atoms with Crippen LogP contribution in [0.5, 0.6) is 0 Å². The predicted octanol–water partition coefficient (Wildman–Crippen LogP) is 18.0. The summed E-state index contributed by atoms with van der Waals surface area (Å²) in [6.07, 6.45) is 0. The van der Waals surface area contributed by atoms with Gasteiger partial charge in [0, 0.05) is 56.3 Å². The van der Waals surface area contributed by atoms with E-state index >= 15 is 0 Å². The number of fused-ring (bicyclic) bond motifs is 6. The van der Waals surface area contributed by atoms with Crippen LogP contribution in [0.25, 0.3) is 44.2 Å². The molecule has 10 aromatic carbocycles. The second kappa shape index (κ2) is 16.4. The summed E-state index contributed by atoms with van der Waals surface area (Å²) in [6, 6.07) is 89.1. The molecule has 1 aliphatic carbocycles. The summed E-state index contributed by atoms with van der Waals surface area (Å²) in [6.45, 7) is 4.70. The third-order valence-electron chi connectivity index (χ3n) is 13.4. The second-order valence-electron chi connectivity index (χ2n) is 17.8. The summed E-state index contributed by atoms with van der Waals surface area (Å²) in [7, 11) is 0. The van der Waals surface area contributed by atoms with Gasteiger partial charge >= 0.3 is 0 Å². The van der Waals surface area contributed by atoms with E-state index < -0.39 is 0 Å². The number of anilines is 9. The van der Waals surface area contributed by atoms with Gasteiger partial charge in [0.05, 0.1) is 11.1 Å². The lowest BCUT2D eigenvalue weighted by atomic mass is 9.82. The van der Waals surface area contributed by atoms with E-state index in [1.54, 1.807) is 0 Å². The van der Waals surface area contributed by atoms with Crippen molar-refractivity contribution >= 4 is 73.1 Å². The van der Waals surface area contributed by atoms with Crippen LogP contribution in [-0.4, -0.2) is 0 Å². The third kappa shape index (κ3) is 7.02. The van der Waals surface area contributed by atoms with Gasteiger partial charge in [0.1, 0.15) is 11.2 Å². The molecule has 320 valence electrons. The fraction of sp³-hybridized carbons (Fsp3) is 0.0476. The summed E-state index contributed by atoms with van der Waals surface area (Å²) in [5, 5.41) is 2.08. The average Bonchev–Trinajstić information content (AvgIpc) is 3.87. The highest BCUT2D eigenvalue weighted by Crippen LogP contribution is 2.52. The van der Waals surface area contributed by atoms with Crippen molar-refractivity contribution in [3.05, 3.63) is 260 Å². The van der Waals surface area contributed by atoms with Gasteiger partial charge in [0.25, 0.3) is 0 Å². The van der Waals surface area contributed by atoms with E-state index in [-0.39, 0.29) is 5.41 Å². The SMILES string of the molecule is CC1(C)c2ccccc2-c2ccc(N(c3ccc(-c4ccccc4)cc3)c3ccc4oc5cccc(N(c6ccccc6)c6cccc(N(c7ccccc7)c7ccccc7)c6)c5c4c3)cc21. The van der Waals surface area contributed by atoms with Crippen LogP contribution in [0.3, 0.4) is 0 Å². The topological polar surface area (TPSA) is 22.9 Å². The molecule has 0 spiro atoms. The number of hydrogen-bond donors (Lipinski definition) is 0. The molecule has 0 bridgehead atoms. The van der Waals surface area contributed by atoms with Crippen LogP contribution in [0.4, 0.5) is 51.2 Å². The van der Waals surface area contributed by atoms with E-state index in [0.717, 1.165) is 73.1 Å². The van der Waals surface area contributed by atoms with Crippen LogP contribution in [0, 0.1) is 0 Å². The molecule has 4 heteroatoms. The van der Waals surface area contributed by atoms with Crippen molar-refractivity contribution in [2.45, 2.75) is 19.3 Å². The number of nitrogens with zero attached hydrogens (tertiary/aromatic N) is 3. The molecular formula is C63H47N3O. The van der Waals surface area contributed by atoms with E-state index in [1.165, 1.54) is 33.4 Å². The first-order valence-corrected chi connectivity index (χ1v) is 23.0. The molecule has 12 rings (SSSR count). The van der Waals surface area contributed by atoms with E-state index in [2.05, 4.69) is 277 Å². The van der Waals surface area contributed by atoms with Crippen molar-refractivity contribution in [2.24, 2.45) is 0 Å². The van der Waals surface area contributed by atoms with Crippen LogP contribution in [0.2, 0.25) is 0 Å². The van der Waals surface area contributed by atoms with Crippen molar-refractivity contribution < 1.29 is 4.42 Å². The lowest BCUT2D eigenvalue weighted by Gasteiger charge is -2.30. The Morgan fingerprint density at radius 3 is 1.46 bits per heavy atom. The Morgan fingerprint density at radius 1 is 0.313 bits per heavy atom. The molecule has 4 nitrogen and oxygen atoms in total. The maximum Gasteiger partial charge on any atom is 0.137 e. The first kappa shape index (κ1) is 40.0. The van der Waals surface area contributed by atoms with Gasteiger partial charge < -0.3 is 19.1 Å². The van der Waals surface area contributed by atoms with Gasteiger partial charge in [-0.15, -0.1) is 0 Å². The fourth-order valence-corrected chi connectivity index (χ4v) is 10.2. The van der Waals surface area contributed by atoms with Crippen LogP contribution in [-0.2, 0) is 5.41 Å². The maximum absolute atomic E-state index is 6.77. The van der Waals surface area contributed by atoms with Gasteiger partial charge in [-0.1, -0.05) is 153 Å². The standard InChI is InChI=1S/C63H47N3O/c1-63(2)57-30-16-15-29-54(57)55-39-37-53(43-58(55)63)65(49-35-33-45(34-36-49)44-19-7-3-8-20-44)52-38-40-60-56(42-52)62-59(31-18-32-61(62)67-60)66(48-25-13-6-14-26-48)51-28-17-27-50(41-51)64(46-21-9-4-10-22-46)47-23-11-5-12-24-47/h3-43H,1-2H3. The molecule has 1 aliphatic rings. The summed E-state index contributed by atoms with van der Waals surface area (Å²) in [5.41, 5.74) is 18.7. The molecule has 0 atom stereocenters. The summed E-state index contributed by atoms with van der Waals surface area (Å²) >= 11 is 0. The van der Waals surface area contributed by atoms with E-state index in [0.29, 0.717) is 0 Å². The summed E-state index contributed by atoms with van der Waals surface area (Å²) in [5.74, 6) is 0. The molecule has 0 aliphatic heterocycles. The van der Waals surface area contributed by atoms with Crippen LogP contribution < -0.4 is 14.7 Å². The van der Waals surface area contributed by atoms with Gasteiger partial charge in [-0.2, -0.15) is 0 Å². The van der Waals surface area contributed by atoms with Crippen molar-refractivity contribution in [1.29, 1.82) is 0 Å². The Morgan fingerprint density at radius 2 is 0.776 bits per heavy atom. The second-order valence-corrected chi connectivity index (χ2v) is 17.8. The average molecular weight is 862 g/mol. The number of benzene rings is 10. The highest BCUT2D eigenvalue weighted by Gasteiger charge is 2.36. The Bertz CT molecular complexity index is 3510. The minimum absolute atomic E-state index is 0.151. The molecule has 67 heavy (non-hydrogen) atoms. The van der Waals surface area contributed by atoms with Gasteiger partial charge in [-0.25, -0.2) is 0 Å². The Balaban J connectivity index is 1.03. The van der Waals surface area contributed by atoms with Crippen LogP contribution >= 0.6 is 0 Å². The number of para-hydroxylation sites is 3. The zero-order valence-corrected chi connectivity index (χ0v) is 37.4. The van der Waals surface area contributed by atoms with Crippen molar-refractivity contribution in [1.82, 2.24) is 0 Å². The largest absolute Gasteiger partial charge is 0.456 e. The highest BCUT2D eigenvalue weighted by atomic mass is 16.3. The van der Waals surface area contributed by atoms with E-state index in [4.69, 9.17) is 4.42 Å². The van der Waals surface area contributed by atoms with E-state index in [1.807, 2.05) is 0 Å². The third-order valence-corrected chi connectivity index (χ3v) is 13.4. The van der Waals surface area contributed by atoms with Crippen molar-refractivity contribution in [3.63, 3.8) is 0 Å². The van der Waals surface area contributed by atoms with Crippen molar-refractivity contribution in [3.8, 4) is 22.3 Å². The van der Waals surface area contributed by atoms with Crippen LogP contribution in [0.1, 0.15) is 25.0 Å². The quantitative estimate of drug-likeness (QED) is 0.137. The lowest BCUT2D eigenvalue weighted by Crippen LogP contribution is -2.16. The molecule has 0 saturated carbocycles. The Kier molecular flexibility index (Phi) is 9.80. The number of rotatable bonds is 10. The molecular weight excluding hydrogens is 815 g/mol. The fourth-order valence-electron chi connectivity index (χ4n) is 10.2. The molecule has 0 N–H and O–H groups in total. The highest BCUT2D eigenvalue weighted by molar-refractivity contribution is 6.14. The Labute approximate surface area is 391 Å². The number of furan rings is 1. The molecule has 0 fully saturated rings. The zero-order valence-electron chi connectivity index (χ0n) is 37.4. The molecule has 1 heterocycles.